The summed E-state index contributed by atoms with van der Waals surface area (Å²) in [5, 5.41) is 2.78. The molecule has 0 radical (unpaired) electrons. The molecular weight excluding hydrogens is 530 g/mol. The number of rotatable bonds is 8. The second kappa shape index (κ2) is 12.0. The van der Waals surface area contributed by atoms with E-state index in [0.717, 1.165) is 27.3 Å². The van der Waals surface area contributed by atoms with Crippen LogP contribution >= 0.6 is 11.8 Å². The predicted molar refractivity (Wildman–Crippen MR) is 154 cm³/mol. The molecule has 2 aromatic rings. The molecule has 10 heteroatoms. The first kappa shape index (κ1) is 29.6. The lowest BCUT2D eigenvalue weighted by molar-refractivity contribution is -0.133. The average Bonchev–Trinajstić information content (AvgIpc) is 2.90. The number of alkyl carbamates (subject to hydrolysis) is 1. The van der Waals surface area contributed by atoms with Crippen LogP contribution in [-0.4, -0.2) is 60.8 Å². The summed E-state index contributed by atoms with van der Waals surface area (Å²) in [4.78, 5) is 53.3. The van der Waals surface area contributed by atoms with Crippen molar-refractivity contribution in [2.24, 2.45) is 11.7 Å². The Balaban J connectivity index is 1.46. The Morgan fingerprint density at radius 1 is 1.10 bits per heavy atom. The number of carbonyl (C=O) groups excluding carboxylic acids is 4. The highest BCUT2D eigenvalue weighted by molar-refractivity contribution is 8.00. The molecular formula is C30H37N3O6S. The number of ketones is 1. The number of hydrogen-bond donors (Lipinski definition) is 2. The number of thioether (sulfide) groups is 1. The number of carbonyl (C=O) groups is 4. The fourth-order valence-corrected chi connectivity index (χ4v) is 6.00. The number of primary amides is 1. The monoisotopic (exact) mass is 567 g/mol. The SMILES string of the molecule is CN1C(=O)CSc2cc(-c3ccc(C[C@H](CC(=O)C4(NC(=O)OC(C)(C)C)CCOCC4)C(N)=O)cc3)ccc21. The van der Waals surface area contributed by atoms with Gasteiger partial charge in [0.15, 0.2) is 5.78 Å². The lowest BCUT2D eigenvalue weighted by atomic mass is 9.80. The molecule has 2 aliphatic heterocycles. The zero-order valence-electron chi connectivity index (χ0n) is 23.5. The van der Waals surface area contributed by atoms with Crippen LogP contribution in [0.2, 0.25) is 0 Å². The van der Waals surface area contributed by atoms with E-state index in [-0.39, 0.29) is 18.1 Å². The molecule has 0 saturated carbocycles. The number of Topliss-reactive ketones (excluding diaryl/α,β-unsaturated/α-hetero) is 1. The molecule has 9 nitrogen and oxygen atoms in total. The van der Waals surface area contributed by atoms with Crippen LogP contribution in [0.25, 0.3) is 11.1 Å². The molecule has 1 atom stereocenters. The van der Waals surface area contributed by atoms with Crippen molar-refractivity contribution in [2.45, 2.75) is 62.5 Å². The van der Waals surface area contributed by atoms with Gasteiger partial charge in [-0.15, -0.1) is 11.8 Å². The molecule has 3 N–H and O–H groups in total. The number of nitrogens with zero attached hydrogens (tertiary/aromatic N) is 1. The van der Waals surface area contributed by atoms with Crippen molar-refractivity contribution in [3.63, 3.8) is 0 Å². The highest BCUT2D eigenvalue weighted by Gasteiger charge is 2.43. The number of ether oxygens (including phenoxy) is 2. The molecule has 1 fully saturated rings. The first-order valence-electron chi connectivity index (χ1n) is 13.4. The summed E-state index contributed by atoms with van der Waals surface area (Å²) in [5.74, 6) is -1.05. The molecule has 2 aromatic carbocycles. The van der Waals surface area contributed by atoms with Gasteiger partial charge in [0.25, 0.3) is 0 Å². The summed E-state index contributed by atoms with van der Waals surface area (Å²) in [6.45, 7) is 5.90. The van der Waals surface area contributed by atoms with E-state index in [1.165, 1.54) is 11.8 Å². The lowest BCUT2D eigenvalue weighted by Gasteiger charge is -2.37. The van der Waals surface area contributed by atoms with Gasteiger partial charge in [0, 0.05) is 50.3 Å². The van der Waals surface area contributed by atoms with Gasteiger partial charge in [-0.2, -0.15) is 0 Å². The smallest absolute Gasteiger partial charge is 0.408 e. The molecule has 4 rings (SSSR count). The van der Waals surface area contributed by atoms with E-state index in [1.54, 1.807) is 32.7 Å². The largest absolute Gasteiger partial charge is 0.444 e. The molecule has 0 bridgehead atoms. The summed E-state index contributed by atoms with van der Waals surface area (Å²) >= 11 is 1.53. The van der Waals surface area contributed by atoms with E-state index >= 15 is 0 Å². The second-order valence-electron chi connectivity index (χ2n) is 11.4. The Labute approximate surface area is 239 Å². The molecule has 3 amide bonds. The van der Waals surface area contributed by atoms with Crippen molar-refractivity contribution in [1.82, 2.24) is 5.32 Å². The van der Waals surface area contributed by atoms with Crippen LogP contribution in [0, 0.1) is 5.92 Å². The summed E-state index contributed by atoms with van der Waals surface area (Å²) in [6.07, 6.45) is 0.129. The van der Waals surface area contributed by atoms with E-state index in [4.69, 9.17) is 15.2 Å². The van der Waals surface area contributed by atoms with Gasteiger partial charge in [0.2, 0.25) is 11.8 Å². The fourth-order valence-electron chi connectivity index (χ4n) is 4.96. The maximum Gasteiger partial charge on any atom is 0.408 e. The zero-order chi connectivity index (χ0) is 29.1. The van der Waals surface area contributed by atoms with Gasteiger partial charge in [-0.05, 0) is 56.0 Å². The van der Waals surface area contributed by atoms with E-state index in [2.05, 4.69) is 11.4 Å². The summed E-state index contributed by atoms with van der Waals surface area (Å²) in [7, 11) is 1.78. The number of amides is 3. The van der Waals surface area contributed by atoms with Crippen molar-refractivity contribution in [3.05, 3.63) is 48.0 Å². The molecule has 0 aliphatic carbocycles. The van der Waals surface area contributed by atoms with Gasteiger partial charge in [0.05, 0.1) is 11.4 Å². The first-order chi connectivity index (χ1) is 18.9. The van der Waals surface area contributed by atoms with Crippen LogP contribution in [0.5, 0.6) is 0 Å². The predicted octanol–water partition coefficient (Wildman–Crippen LogP) is 4.10. The normalized spacial score (nSPS) is 17.5. The van der Waals surface area contributed by atoms with Crippen molar-refractivity contribution < 1.29 is 28.7 Å². The van der Waals surface area contributed by atoms with E-state index in [1.807, 2.05) is 36.4 Å². The van der Waals surface area contributed by atoms with Crippen LogP contribution in [0.4, 0.5) is 10.5 Å². The Kier molecular flexibility index (Phi) is 8.90. The van der Waals surface area contributed by atoms with Crippen molar-refractivity contribution in [3.8, 4) is 11.1 Å². The molecule has 214 valence electrons. The number of hydrogen-bond acceptors (Lipinski definition) is 7. The molecule has 0 aromatic heterocycles. The number of nitrogens with two attached hydrogens (primary N) is 1. The highest BCUT2D eigenvalue weighted by Crippen LogP contribution is 2.37. The van der Waals surface area contributed by atoms with Crippen LogP contribution in [0.3, 0.4) is 0 Å². The van der Waals surface area contributed by atoms with Gasteiger partial charge in [-0.1, -0.05) is 30.3 Å². The van der Waals surface area contributed by atoms with Crippen molar-refractivity contribution >= 4 is 41.1 Å². The molecule has 40 heavy (non-hydrogen) atoms. The lowest BCUT2D eigenvalue weighted by Crippen LogP contribution is -2.58. The Morgan fingerprint density at radius 3 is 2.38 bits per heavy atom. The van der Waals surface area contributed by atoms with Crippen molar-refractivity contribution in [2.75, 3.05) is 30.9 Å². The molecule has 2 heterocycles. The standard InChI is InChI=1S/C30H37N3O6S/c1-29(2,3)39-28(37)32-30(11-13-38-14-12-30)25(34)17-22(27(31)36)15-19-5-7-20(8-6-19)21-9-10-23-24(16-21)40-18-26(35)33(23)4/h5-10,16,22H,11-15,17-18H2,1-4H3,(H2,31,36)(H,32,37)/t22-/m1/s1. The third-order valence-electron chi connectivity index (χ3n) is 7.27. The Morgan fingerprint density at radius 2 is 1.75 bits per heavy atom. The minimum Gasteiger partial charge on any atom is -0.444 e. The molecule has 0 unspecified atom stereocenters. The summed E-state index contributed by atoms with van der Waals surface area (Å²) < 4.78 is 10.8. The van der Waals surface area contributed by atoms with Gasteiger partial charge in [0.1, 0.15) is 11.1 Å². The number of anilines is 1. The third kappa shape index (κ3) is 7.03. The van der Waals surface area contributed by atoms with E-state index in [9.17, 15) is 19.2 Å². The minimum absolute atomic E-state index is 0.0838. The van der Waals surface area contributed by atoms with Crippen LogP contribution in [0.15, 0.2) is 47.4 Å². The topological polar surface area (TPSA) is 128 Å². The van der Waals surface area contributed by atoms with Gasteiger partial charge < -0.3 is 25.4 Å². The van der Waals surface area contributed by atoms with Gasteiger partial charge in [-0.3, -0.25) is 14.4 Å². The minimum atomic E-state index is -1.17. The maximum atomic E-state index is 13.6. The van der Waals surface area contributed by atoms with E-state index in [0.29, 0.717) is 38.2 Å². The molecule has 0 spiro atoms. The number of nitrogens with one attached hydrogen (secondary N) is 1. The Hall–Kier alpha value is -3.37. The average molecular weight is 568 g/mol. The summed E-state index contributed by atoms with van der Waals surface area (Å²) in [6, 6.07) is 13.8. The van der Waals surface area contributed by atoms with Gasteiger partial charge >= 0.3 is 6.09 Å². The molecule has 1 saturated heterocycles. The fraction of sp³-hybridized carbons (Fsp3) is 0.467. The highest BCUT2D eigenvalue weighted by atomic mass is 32.2. The number of fused-ring (bicyclic) bond motifs is 1. The van der Waals surface area contributed by atoms with Crippen molar-refractivity contribution in [1.29, 1.82) is 0 Å². The van der Waals surface area contributed by atoms with Crippen LogP contribution in [0.1, 0.15) is 45.6 Å². The first-order valence-corrected chi connectivity index (χ1v) is 14.4. The molecule has 2 aliphatic rings. The Bertz CT molecular complexity index is 1280. The van der Waals surface area contributed by atoms with Crippen LogP contribution in [-0.2, 0) is 30.3 Å². The summed E-state index contributed by atoms with van der Waals surface area (Å²) in [5.41, 5.74) is 7.66. The third-order valence-corrected chi connectivity index (χ3v) is 8.30. The van der Waals surface area contributed by atoms with Crippen LogP contribution < -0.4 is 16.0 Å². The zero-order valence-corrected chi connectivity index (χ0v) is 24.3. The quantitative estimate of drug-likeness (QED) is 0.492. The second-order valence-corrected chi connectivity index (χ2v) is 12.4. The maximum absolute atomic E-state index is 13.6. The van der Waals surface area contributed by atoms with Gasteiger partial charge in [-0.25, -0.2) is 4.79 Å². The number of benzene rings is 2. The van der Waals surface area contributed by atoms with E-state index < -0.39 is 29.1 Å².